The van der Waals surface area contributed by atoms with Gasteiger partial charge in [-0.05, 0) is 78.8 Å². The molecule has 7 rings (SSSR count). The minimum atomic E-state index is -0.428. The molecule has 3 aromatic rings. The molecule has 2 N–H and O–H groups in total. The maximum atomic E-state index is 12.0. The maximum Gasteiger partial charge on any atom is 0.302 e. The molecule has 2 fully saturated rings. The molecule has 0 unspecified atom stereocenters. The molecule has 0 radical (unpaired) electrons. The van der Waals surface area contributed by atoms with Gasteiger partial charge in [-0.1, -0.05) is 31.0 Å². The number of benzene rings is 3. The van der Waals surface area contributed by atoms with E-state index in [0.29, 0.717) is 16.9 Å². The lowest BCUT2D eigenvalue weighted by Gasteiger charge is -2.40. The second kappa shape index (κ2) is 9.85. The van der Waals surface area contributed by atoms with E-state index in [-0.39, 0.29) is 35.4 Å². The highest BCUT2D eigenvalue weighted by Crippen LogP contribution is 2.66. The number of phenols is 2. The molecule has 4 aliphatic rings. The molecule has 3 atom stereocenters. The van der Waals surface area contributed by atoms with Gasteiger partial charge in [-0.15, -0.1) is 0 Å². The number of aromatic hydroxyl groups is 2. The number of fused-ring (bicyclic) bond motifs is 6. The van der Waals surface area contributed by atoms with E-state index in [0.717, 1.165) is 52.8 Å². The van der Waals surface area contributed by atoms with Crippen LogP contribution in [-0.4, -0.2) is 37.0 Å². The summed E-state index contributed by atoms with van der Waals surface area (Å²) in [5.74, 6) is 1.61. The van der Waals surface area contributed by atoms with Gasteiger partial charge in [0.25, 0.3) is 0 Å². The fraction of sp³-hybridized carbons (Fsp3) is 0.457. The van der Waals surface area contributed by atoms with E-state index in [1.807, 2.05) is 12.1 Å². The van der Waals surface area contributed by atoms with Crippen molar-refractivity contribution >= 4 is 5.97 Å². The standard InChI is InChI=1S/C35H38O7/c1-20(36)41-18-26-24-7-8-25-30-22(14-23(37)16-29(30)40-3)17-35(13-12-34(19-35)10-4-5-11-34)31(25)33(24)42-32(26)21-6-9-27(38)28(15-21)39-2/h6-9,14-16,26,32,37-38H,4-5,10-13,17-19H2,1-3H3/t26-,32+,35+/m0/s1. The van der Waals surface area contributed by atoms with Crippen LogP contribution >= 0.6 is 0 Å². The average Bonchev–Trinajstić information content (AvgIpc) is 3.68. The number of hydrogen-bond donors (Lipinski definition) is 2. The highest BCUT2D eigenvalue weighted by atomic mass is 16.5. The van der Waals surface area contributed by atoms with Gasteiger partial charge >= 0.3 is 5.97 Å². The summed E-state index contributed by atoms with van der Waals surface area (Å²) in [4.78, 5) is 12.0. The zero-order valence-electron chi connectivity index (χ0n) is 24.5. The third-order valence-corrected chi connectivity index (χ3v) is 10.4. The van der Waals surface area contributed by atoms with Crippen molar-refractivity contribution in [2.24, 2.45) is 5.41 Å². The highest BCUT2D eigenvalue weighted by molar-refractivity contribution is 5.84. The Hall–Kier alpha value is -3.87. The zero-order chi connectivity index (χ0) is 29.2. The Bertz CT molecular complexity index is 1570. The number of methoxy groups -OCH3 is 2. The first kappa shape index (κ1) is 27.0. The number of esters is 1. The van der Waals surface area contributed by atoms with Gasteiger partial charge < -0.3 is 29.2 Å². The Kier molecular flexibility index (Phi) is 6.33. The molecule has 3 aromatic carbocycles. The first-order valence-electron chi connectivity index (χ1n) is 15.0. The summed E-state index contributed by atoms with van der Waals surface area (Å²) in [5, 5.41) is 20.9. The molecular formula is C35H38O7. The fourth-order valence-corrected chi connectivity index (χ4v) is 8.71. The van der Waals surface area contributed by atoms with Crippen LogP contribution in [0.1, 0.15) is 86.1 Å². The SMILES string of the molecule is COc1cc([C@H]2Oc3c(ccc4c3[C@]3(CCC5(CCCC5)C3)Cc3cc(O)cc(OC)c3-4)[C@@H]2COC(C)=O)ccc1O. The topological polar surface area (TPSA) is 94.5 Å². The van der Waals surface area contributed by atoms with E-state index >= 15 is 0 Å². The largest absolute Gasteiger partial charge is 0.508 e. The van der Waals surface area contributed by atoms with Gasteiger partial charge in [-0.2, -0.15) is 0 Å². The lowest BCUT2D eigenvalue weighted by Crippen LogP contribution is -2.32. The Morgan fingerprint density at radius 3 is 2.50 bits per heavy atom. The molecule has 1 aliphatic heterocycles. The van der Waals surface area contributed by atoms with Gasteiger partial charge in [0.1, 0.15) is 30.0 Å². The third kappa shape index (κ3) is 4.11. The number of carbonyl (C=O) groups excluding carboxylic acids is 1. The van der Waals surface area contributed by atoms with Crippen molar-refractivity contribution in [3.63, 3.8) is 0 Å². The molecule has 7 heteroatoms. The minimum absolute atomic E-state index is 0.0596. The van der Waals surface area contributed by atoms with Gasteiger partial charge in [0, 0.05) is 35.1 Å². The van der Waals surface area contributed by atoms with Crippen LogP contribution in [0.15, 0.2) is 42.5 Å². The molecule has 3 aliphatic carbocycles. The lowest BCUT2D eigenvalue weighted by atomic mass is 9.64. The molecule has 0 aromatic heterocycles. The van der Waals surface area contributed by atoms with Gasteiger partial charge in [0.05, 0.1) is 20.1 Å². The van der Waals surface area contributed by atoms with Crippen molar-refractivity contribution in [3.8, 4) is 39.9 Å². The predicted octanol–water partition coefficient (Wildman–Crippen LogP) is 7.10. The first-order chi connectivity index (χ1) is 20.3. The van der Waals surface area contributed by atoms with E-state index in [1.54, 1.807) is 25.3 Å². The molecule has 2 saturated carbocycles. The average molecular weight is 571 g/mol. The summed E-state index contributed by atoms with van der Waals surface area (Å²) in [6, 6.07) is 13.2. The molecule has 1 heterocycles. The molecule has 0 bridgehead atoms. The summed E-state index contributed by atoms with van der Waals surface area (Å²) < 4.78 is 23.9. The molecule has 220 valence electrons. The Labute approximate surface area is 246 Å². The smallest absolute Gasteiger partial charge is 0.302 e. The van der Waals surface area contributed by atoms with Gasteiger partial charge in [-0.3, -0.25) is 4.79 Å². The fourth-order valence-electron chi connectivity index (χ4n) is 8.71. The number of phenolic OH excluding ortho intramolecular Hbond substituents is 2. The van der Waals surface area contributed by atoms with Crippen LogP contribution in [-0.2, 0) is 21.4 Å². The number of carbonyl (C=O) groups is 1. The van der Waals surface area contributed by atoms with E-state index in [4.69, 9.17) is 18.9 Å². The van der Waals surface area contributed by atoms with Crippen LogP contribution < -0.4 is 14.2 Å². The van der Waals surface area contributed by atoms with Crippen molar-refractivity contribution in [2.75, 3.05) is 20.8 Å². The highest BCUT2D eigenvalue weighted by Gasteiger charge is 2.55. The Morgan fingerprint density at radius 2 is 1.76 bits per heavy atom. The van der Waals surface area contributed by atoms with E-state index < -0.39 is 6.10 Å². The number of ether oxygens (including phenoxy) is 4. The van der Waals surface area contributed by atoms with Crippen molar-refractivity contribution in [3.05, 3.63) is 64.7 Å². The summed E-state index contributed by atoms with van der Waals surface area (Å²) in [7, 11) is 3.18. The van der Waals surface area contributed by atoms with E-state index in [9.17, 15) is 15.0 Å². The van der Waals surface area contributed by atoms with Crippen molar-refractivity contribution in [2.45, 2.75) is 75.7 Å². The lowest BCUT2D eigenvalue weighted by molar-refractivity contribution is -0.141. The van der Waals surface area contributed by atoms with Crippen molar-refractivity contribution in [1.82, 2.24) is 0 Å². The third-order valence-electron chi connectivity index (χ3n) is 10.4. The molecule has 42 heavy (non-hydrogen) atoms. The van der Waals surface area contributed by atoms with Crippen LogP contribution in [0.5, 0.6) is 28.7 Å². The van der Waals surface area contributed by atoms with Crippen LogP contribution in [0.3, 0.4) is 0 Å². The number of rotatable bonds is 5. The van der Waals surface area contributed by atoms with Crippen LogP contribution in [0.25, 0.3) is 11.1 Å². The predicted molar refractivity (Wildman–Crippen MR) is 158 cm³/mol. The first-order valence-corrected chi connectivity index (χ1v) is 15.0. The number of hydrogen-bond acceptors (Lipinski definition) is 7. The van der Waals surface area contributed by atoms with Gasteiger partial charge in [0.15, 0.2) is 11.5 Å². The quantitative estimate of drug-likeness (QED) is 0.316. The summed E-state index contributed by atoms with van der Waals surface area (Å²) in [5.41, 5.74) is 6.53. The monoisotopic (exact) mass is 570 g/mol. The van der Waals surface area contributed by atoms with Crippen molar-refractivity contribution < 1.29 is 34.0 Å². The zero-order valence-corrected chi connectivity index (χ0v) is 24.5. The molecule has 0 saturated heterocycles. The normalized spacial score (nSPS) is 24.6. The Morgan fingerprint density at radius 1 is 0.976 bits per heavy atom. The summed E-state index contributed by atoms with van der Waals surface area (Å²) >= 11 is 0. The van der Waals surface area contributed by atoms with E-state index in [1.165, 1.54) is 51.7 Å². The molecular weight excluding hydrogens is 532 g/mol. The second-order valence-corrected chi connectivity index (χ2v) is 12.8. The molecule has 7 nitrogen and oxygen atoms in total. The molecule has 2 spiro atoms. The van der Waals surface area contributed by atoms with Crippen LogP contribution in [0, 0.1) is 5.41 Å². The maximum absolute atomic E-state index is 12.0. The van der Waals surface area contributed by atoms with Crippen LogP contribution in [0.4, 0.5) is 0 Å². The second-order valence-electron chi connectivity index (χ2n) is 12.8. The van der Waals surface area contributed by atoms with Gasteiger partial charge in [-0.25, -0.2) is 0 Å². The Balaban J connectivity index is 1.43. The minimum Gasteiger partial charge on any atom is -0.508 e. The summed E-state index contributed by atoms with van der Waals surface area (Å²) in [6.45, 7) is 1.61. The van der Waals surface area contributed by atoms with Crippen molar-refractivity contribution in [1.29, 1.82) is 0 Å². The van der Waals surface area contributed by atoms with Gasteiger partial charge in [0.2, 0.25) is 0 Å². The summed E-state index contributed by atoms with van der Waals surface area (Å²) in [6.07, 6.45) is 8.83. The van der Waals surface area contributed by atoms with E-state index in [2.05, 4.69) is 12.1 Å². The molecule has 0 amide bonds. The van der Waals surface area contributed by atoms with Crippen LogP contribution in [0.2, 0.25) is 0 Å².